The summed E-state index contributed by atoms with van der Waals surface area (Å²) >= 11 is 1.07. The number of aryl methyl sites for hydroxylation is 2. The molecule has 0 saturated carbocycles. The fourth-order valence-electron chi connectivity index (χ4n) is 3.40. The van der Waals surface area contributed by atoms with Crippen LogP contribution in [-0.4, -0.2) is 14.3 Å². The Morgan fingerprint density at radius 2 is 1.56 bits per heavy atom. The summed E-state index contributed by atoms with van der Waals surface area (Å²) in [5, 5.41) is 3.02. The Hall–Kier alpha value is -3.37. The van der Waals surface area contributed by atoms with Gasteiger partial charge in [-0.2, -0.15) is 13.2 Å². The average molecular weight is 505 g/mol. The van der Waals surface area contributed by atoms with Crippen LogP contribution < -0.4 is 10.0 Å². The van der Waals surface area contributed by atoms with Crippen LogP contribution in [0.5, 0.6) is 0 Å². The fraction of sp³-hybridized carbons (Fsp3) is 0.125. The van der Waals surface area contributed by atoms with Crippen molar-refractivity contribution in [2.24, 2.45) is 0 Å². The van der Waals surface area contributed by atoms with Crippen molar-refractivity contribution in [1.82, 2.24) is 0 Å². The van der Waals surface area contributed by atoms with Crippen LogP contribution >= 0.6 is 11.3 Å². The molecular formula is C24H19F3N2O3S2. The molecule has 5 nitrogen and oxygen atoms in total. The predicted molar refractivity (Wildman–Crippen MR) is 128 cm³/mol. The van der Waals surface area contributed by atoms with E-state index in [-0.39, 0.29) is 21.1 Å². The van der Waals surface area contributed by atoms with E-state index in [1.165, 1.54) is 30.3 Å². The van der Waals surface area contributed by atoms with E-state index in [0.29, 0.717) is 15.6 Å². The number of thiophene rings is 1. The number of fused-ring (bicyclic) bond motifs is 1. The number of para-hydroxylation sites is 2. The minimum absolute atomic E-state index is 0.0695. The summed E-state index contributed by atoms with van der Waals surface area (Å²) in [4.78, 5) is 13.3. The third-order valence-corrected chi connectivity index (χ3v) is 7.87. The second-order valence-electron chi connectivity index (χ2n) is 7.68. The second-order valence-corrected chi connectivity index (χ2v) is 10.4. The largest absolute Gasteiger partial charge is 0.416 e. The molecule has 0 saturated heterocycles. The molecule has 0 bridgehead atoms. The van der Waals surface area contributed by atoms with E-state index < -0.39 is 27.7 Å². The number of nitrogens with one attached hydrogen (secondary N) is 2. The number of benzene rings is 3. The first kappa shape index (κ1) is 23.8. The number of amides is 1. The molecule has 0 radical (unpaired) electrons. The molecule has 10 heteroatoms. The van der Waals surface area contributed by atoms with Crippen molar-refractivity contribution in [1.29, 1.82) is 0 Å². The summed E-state index contributed by atoms with van der Waals surface area (Å²) in [6, 6.07) is 16.0. The van der Waals surface area contributed by atoms with Gasteiger partial charge in [0, 0.05) is 4.70 Å². The number of hydrogen-bond donors (Lipinski definition) is 2. The zero-order valence-corrected chi connectivity index (χ0v) is 19.7. The van der Waals surface area contributed by atoms with E-state index in [0.717, 1.165) is 29.0 Å². The minimum atomic E-state index is -4.49. The van der Waals surface area contributed by atoms with Crippen molar-refractivity contribution in [3.05, 3.63) is 88.3 Å². The van der Waals surface area contributed by atoms with Crippen molar-refractivity contribution in [3.63, 3.8) is 0 Å². The van der Waals surface area contributed by atoms with Crippen LogP contribution in [0.1, 0.15) is 26.4 Å². The maximum absolute atomic E-state index is 13.1. The molecule has 4 rings (SSSR count). The summed E-state index contributed by atoms with van der Waals surface area (Å²) in [6.07, 6.45) is -4.49. The maximum Gasteiger partial charge on any atom is 0.416 e. The Labute approximate surface area is 198 Å². The Kier molecular flexibility index (Phi) is 6.13. The highest BCUT2D eigenvalue weighted by Crippen LogP contribution is 2.37. The van der Waals surface area contributed by atoms with Crippen molar-refractivity contribution in [3.8, 4) is 0 Å². The Bertz CT molecular complexity index is 1490. The van der Waals surface area contributed by atoms with Crippen LogP contribution in [0.2, 0.25) is 0 Å². The predicted octanol–water partition coefficient (Wildman–Crippen LogP) is 6.59. The van der Waals surface area contributed by atoms with Gasteiger partial charge in [-0.25, -0.2) is 8.42 Å². The lowest BCUT2D eigenvalue weighted by atomic mass is 10.1. The number of rotatable bonds is 5. The third kappa shape index (κ3) is 4.78. The molecule has 2 N–H and O–H groups in total. The number of carbonyl (C=O) groups excluding carboxylic acids is 1. The lowest BCUT2D eigenvalue weighted by Crippen LogP contribution is -2.17. The van der Waals surface area contributed by atoms with Gasteiger partial charge in [-0.05, 0) is 67.3 Å². The Morgan fingerprint density at radius 1 is 0.912 bits per heavy atom. The molecule has 0 unspecified atom stereocenters. The van der Waals surface area contributed by atoms with Crippen LogP contribution in [0.25, 0.3) is 10.1 Å². The van der Waals surface area contributed by atoms with Crippen LogP contribution in [0.4, 0.5) is 24.5 Å². The quantitative estimate of drug-likeness (QED) is 0.322. The molecule has 4 aromatic rings. The maximum atomic E-state index is 13.1. The monoisotopic (exact) mass is 504 g/mol. The van der Waals surface area contributed by atoms with Crippen molar-refractivity contribution >= 4 is 48.7 Å². The zero-order chi connectivity index (χ0) is 24.7. The molecule has 0 fully saturated rings. The van der Waals surface area contributed by atoms with E-state index in [1.54, 1.807) is 31.2 Å². The number of anilines is 2. The molecule has 1 amide bonds. The summed E-state index contributed by atoms with van der Waals surface area (Å²) < 4.78 is 67.9. The first-order valence-electron chi connectivity index (χ1n) is 10.1. The van der Waals surface area contributed by atoms with Gasteiger partial charge in [0.2, 0.25) is 0 Å². The molecule has 0 aliphatic rings. The van der Waals surface area contributed by atoms with Crippen LogP contribution in [0.15, 0.2) is 71.6 Å². The van der Waals surface area contributed by atoms with E-state index in [4.69, 9.17) is 0 Å². The van der Waals surface area contributed by atoms with Crippen molar-refractivity contribution in [2.45, 2.75) is 24.9 Å². The number of sulfonamides is 1. The van der Waals surface area contributed by atoms with Gasteiger partial charge in [-0.1, -0.05) is 29.8 Å². The zero-order valence-electron chi connectivity index (χ0n) is 18.0. The van der Waals surface area contributed by atoms with E-state index in [9.17, 15) is 26.4 Å². The molecule has 176 valence electrons. The van der Waals surface area contributed by atoms with Gasteiger partial charge in [-0.3, -0.25) is 9.52 Å². The van der Waals surface area contributed by atoms with E-state index in [1.807, 2.05) is 6.92 Å². The fourth-order valence-corrected chi connectivity index (χ4v) is 5.56. The van der Waals surface area contributed by atoms with Crippen molar-refractivity contribution in [2.75, 3.05) is 10.0 Å². The first-order valence-corrected chi connectivity index (χ1v) is 12.4. The molecule has 0 aliphatic heterocycles. The SMILES string of the molecule is Cc1ccc(S(=O)(=O)Nc2ccccc2NC(=O)c2sc3ccc(C(F)(F)F)cc3c2C)cc1. The van der Waals surface area contributed by atoms with Gasteiger partial charge in [-0.15, -0.1) is 11.3 Å². The number of carbonyl (C=O) groups is 1. The van der Waals surface area contributed by atoms with E-state index in [2.05, 4.69) is 10.0 Å². The lowest BCUT2D eigenvalue weighted by molar-refractivity contribution is -0.137. The molecule has 34 heavy (non-hydrogen) atoms. The van der Waals surface area contributed by atoms with Gasteiger partial charge >= 0.3 is 6.18 Å². The van der Waals surface area contributed by atoms with Crippen LogP contribution in [-0.2, 0) is 16.2 Å². The highest BCUT2D eigenvalue weighted by molar-refractivity contribution is 7.92. The Balaban J connectivity index is 1.63. The van der Waals surface area contributed by atoms with Crippen LogP contribution in [0.3, 0.4) is 0 Å². The normalized spacial score (nSPS) is 12.0. The standard InChI is InChI=1S/C24H19F3N2O3S2/c1-14-7-10-17(11-8-14)34(31,32)29-20-6-4-3-5-19(20)28-23(30)22-15(2)18-13-16(24(25,26)27)9-12-21(18)33-22/h3-13,29H,1-2H3,(H,28,30). The third-order valence-electron chi connectivity index (χ3n) is 5.22. The van der Waals surface area contributed by atoms with Crippen LogP contribution in [0, 0.1) is 13.8 Å². The molecule has 3 aromatic carbocycles. The number of alkyl halides is 3. The van der Waals surface area contributed by atoms with Crippen molar-refractivity contribution < 1.29 is 26.4 Å². The van der Waals surface area contributed by atoms with Gasteiger partial charge in [0.15, 0.2) is 0 Å². The molecular weight excluding hydrogens is 485 g/mol. The smallest absolute Gasteiger partial charge is 0.319 e. The summed E-state index contributed by atoms with van der Waals surface area (Å²) in [7, 11) is -3.91. The molecule has 0 atom stereocenters. The second kappa shape index (κ2) is 8.77. The lowest BCUT2D eigenvalue weighted by Gasteiger charge is -2.13. The summed E-state index contributed by atoms with van der Waals surface area (Å²) in [6.45, 7) is 3.43. The first-order chi connectivity index (χ1) is 16.0. The highest BCUT2D eigenvalue weighted by atomic mass is 32.2. The Morgan fingerprint density at radius 3 is 2.21 bits per heavy atom. The average Bonchev–Trinajstić information content (AvgIpc) is 3.11. The van der Waals surface area contributed by atoms with Gasteiger partial charge in [0.1, 0.15) is 0 Å². The van der Waals surface area contributed by atoms with Gasteiger partial charge in [0.25, 0.3) is 15.9 Å². The summed E-state index contributed by atoms with van der Waals surface area (Å²) in [5.41, 5.74) is 0.920. The highest BCUT2D eigenvalue weighted by Gasteiger charge is 2.31. The van der Waals surface area contributed by atoms with E-state index >= 15 is 0 Å². The topological polar surface area (TPSA) is 75.3 Å². The number of halogens is 3. The molecule has 1 heterocycles. The summed E-state index contributed by atoms with van der Waals surface area (Å²) in [5.74, 6) is -0.547. The molecule has 0 spiro atoms. The molecule has 0 aliphatic carbocycles. The van der Waals surface area contributed by atoms with Gasteiger partial charge in [0.05, 0.1) is 26.7 Å². The van der Waals surface area contributed by atoms with Gasteiger partial charge < -0.3 is 5.32 Å². The number of hydrogen-bond acceptors (Lipinski definition) is 4. The minimum Gasteiger partial charge on any atom is -0.319 e. The molecule has 1 aromatic heterocycles.